The highest BCUT2D eigenvalue weighted by Crippen LogP contribution is 2.22. The van der Waals surface area contributed by atoms with Gasteiger partial charge in [-0.05, 0) is 6.92 Å². The van der Waals surface area contributed by atoms with Crippen molar-refractivity contribution in [1.82, 2.24) is 14.5 Å². The summed E-state index contributed by atoms with van der Waals surface area (Å²) >= 11 is 0. The predicted molar refractivity (Wildman–Crippen MR) is 59.1 cm³/mol. The van der Waals surface area contributed by atoms with Gasteiger partial charge in [0.05, 0.1) is 5.75 Å². The fourth-order valence-electron chi connectivity index (χ4n) is 1.87. The Morgan fingerprint density at radius 3 is 2.88 bits per heavy atom. The molecule has 0 atom stereocenters. The van der Waals surface area contributed by atoms with E-state index in [1.165, 1.54) is 4.31 Å². The number of aromatic carboxylic acids is 1. The third-order valence-electron chi connectivity index (χ3n) is 2.86. The van der Waals surface area contributed by atoms with E-state index >= 15 is 0 Å². The molecule has 0 saturated heterocycles. The predicted octanol–water partition coefficient (Wildman–Crippen LogP) is -0.184. The van der Waals surface area contributed by atoms with Gasteiger partial charge in [0, 0.05) is 30.8 Å². The summed E-state index contributed by atoms with van der Waals surface area (Å²) in [6, 6.07) is 0. The molecule has 2 heterocycles. The van der Waals surface area contributed by atoms with Gasteiger partial charge in [0.1, 0.15) is 0 Å². The molecule has 0 aromatic carbocycles. The molecule has 2 N–H and O–H groups in total. The van der Waals surface area contributed by atoms with Crippen molar-refractivity contribution in [2.45, 2.75) is 19.9 Å². The molecule has 1 aromatic heterocycles. The van der Waals surface area contributed by atoms with Crippen molar-refractivity contribution in [1.29, 1.82) is 0 Å². The topological polar surface area (TPSA) is 103 Å². The molecular formula is C9H13N3O4S. The standard InChI is InChI=1S/C9H13N3O4S/c1-2-17(15,16)12-4-3-7-6(5-12)8(9(13)14)11-10-7/h2-5H2,1H3,(H,10,11)(H,13,14). The number of hydrogen-bond acceptors (Lipinski definition) is 4. The van der Waals surface area contributed by atoms with Crippen LogP contribution in [0.15, 0.2) is 0 Å². The molecule has 2 rings (SSSR count). The van der Waals surface area contributed by atoms with E-state index in [1.807, 2.05) is 0 Å². The molecule has 1 aliphatic rings. The van der Waals surface area contributed by atoms with Crippen molar-refractivity contribution in [3.63, 3.8) is 0 Å². The Balaban J connectivity index is 2.35. The van der Waals surface area contributed by atoms with E-state index < -0.39 is 16.0 Å². The molecule has 17 heavy (non-hydrogen) atoms. The first kappa shape index (κ1) is 12.1. The second kappa shape index (κ2) is 4.11. The highest BCUT2D eigenvalue weighted by atomic mass is 32.2. The molecule has 0 radical (unpaired) electrons. The first-order chi connectivity index (χ1) is 7.95. The van der Waals surface area contributed by atoms with Crippen LogP contribution >= 0.6 is 0 Å². The Kier molecular flexibility index (Phi) is 2.92. The number of hydrogen-bond donors (Lipinski definition) is 2. The second-order valence-electron chi connectivity index (χ2n) is 3.82. The van der Waals surface area contributed by atoms with Gasteiger partial charge in [0.2, 0.25) is 10.0 Å². The van der Waals surface area contributed by atoms with E-state index in [9.17, 15) is 13.2 Å². The average molecular weight is 259 g/mol. The van der Waals surface area contributed by atoms with Crippen molar-refractivity contribution in [3.8, 4) is 0 Å². The molecule has 0 aliphatic carbocycles. The van der Waals surface area contributed by atoms with E-state index in [1.54, 1.807) is 6.92 Å². The smallest absolute Gasteiger partial charge is 0.356 e. The summed E-state index contributed by atoms with van der Waals surface area (Å²) in [6.07, 6.45) is 0.467. The number of aromatic nitrogens is 2. The SMILES string of the molecule is CCS(=O)(=O)N1CCc2[nH]nc(C(=O)O)c2C1. The summed E-state index contributed by atoms with van der Waals surface area (Å²) < 4.78 is 24.7. The average Bonchev–Trinajstić information content (AvgIpc) is 2.71. The van der Waals surface area contributed by atoms with Crippen LogP contribution in [-0.4, -0.2) is 46.3 Å². The van der Waals surface area contributed by atoms with Crippen LogP contribution in [0.25, 0.3) is 0 Å². The lowest BCUT2D eigenvalue weighted by molar-refractivity contribution is 0.0688. The van der Waals surface area contributed by atoms with Crippen molar-refractivity contribution < 1.29 is 18.3 Å². The van der Waals surface area contributed by atoms with Crippen LogP contribution in [0.4, 0.5) is 0 Å². The van der Waals surface area contributed by atoms with Crippen molar-refractivity contribution in [2.75, 3.05) is 12.3 Å². The van der Waals surface area contributed by atoms with E-state index in [0.717, 1.165) is 0 Å². The summed E-state index contributed by atoms with van der Waals surface area (Å²) in [5, 5.41) is 15.3. The largest absolute Gasteiger partial charge is 0.476 e. The summed E-state index contributed by atoms with van der Waals surface area (Å²) in [6.45, 7) is 2.02. The Bertz CT molecular complexity index is 549. The monoisotopic (exact) mass is 259 g/mol. The second-order valence-corrected chi connectivity index (χ2v) is 6.08. The normalized spacial score (nSPS) is 16.8. The number of carboxylic acids is 1. The number of sulfonamides is 1. The van der Waals surface area contributed by atoms with Gasteiger partial charge in [-0.25, -0.2) is 13.2 Å². The third-order valence-corrected chi connectivity index (χ3v) is 4.69. The van der Waals surface area contributed by atoms with E-state index in [4.69, 9.17) is 5.11 Å². The minimum Gasteiger partial charge on any atom is -0.476 e. The first-order valence-electron chi connectivity index (χ1n) is 5.23. The van der Waals surface area contributed by atoms with Crippen LogP contribution in [0.1, 0.15) is 28.7 Å². The first-order valence-corrected chi connectivity index (χ1v) is 6.84. The summed E-state index contributed by atoms with van der Waals surface area (Å²) in [5.41, 5.74) is 1.10. The number of fused-ring (bicyclic) bond motifs is 1. The zero-order valence-corrected chi connectivity index (χ0v) is 10.1. The highest BCUT2D eigenvalue weighted by molar-refractivity contribution is 7.89. The Hall–Kier alpha value is -1.41. The van der Waals surface area contributed by atoms with Gasteiger partial charge in [0.15, 0.2) is 5.69 Å². The number of nitrogens with zero attached hydrogens (tertiary/aromatic N) is 2. The van der Waals surface area contributed by atoms with Gasteiger partial charge in [-0.3, -0.25) is 5.10 Å². The molecule has 0 bridgehead atoms. The lowest BCUT2D eigenvalue weighted by Gasteiger charge is -2.25. The molecule has 0 fully saturated rings. The van der Waals surface area contributed by atoms with E-state index in [2.05, 4.69) is 10.2 Å². The Morgan fingerprint density at radius 2 is 2.29 bits per heavy atom. The molecule has 0 amide bonds. The van der Waals surface area contributed by atoms with Crippen molar-refractivity contribution in [2.24, 2.45) is 0 Å². The molecule has 7 nitrogen and oxygen atoms in total. The minimum absolute atomic E-state index is 0.0165. The third kappa shape index (κ3) is 2.05. The maximum Gasteiger partial charge on any atom is 0.356 e. The van der Waals surface area contributed by atoms with Crippen LogP contribution in [0.3, 0.4) is 0 Å². The summed E-state index contributed by atoms with van der Waals surface area (Å²) in [5.74, 6) is -1.12. The number of nitrogens with one attached hydrogen (secondary N) is 1. The van der Waals surface area contributed by atoms with E-state index in [-0.39, 0.29) is 18.0 Å². The van der Waals surface area contributed by atoms with Gasteiger partial charge in [-0.15, -0.1) is 0 Å². The number of carboxylic acid groups (broad SMARTS) is 1. The molecule has 1 aliphatic heterocycles. The van der Waals surface area contributed by atoms with Crippen LogP contribution in [-0.2, 0) is 23.0 Å². The van der Waals surface area contributed by atoms with Gasteiger partial charge < -0.3 is 5.11 Å². The summed E-state index contributed by atoms with van der Waals surface area (Å²) in [7, 11) is -3.29. The minimum atomic E-state index is -3.29. The van der Waals surface area contributed by atoms with Crippen LogP contribution < -0.4 is 0 Å². The number of aromatic amines is 1. The van der Waals surface area contributed by atoms with Gasteiger partial charge in [-0.1, -0.05) is 0 Å². The van der Waals surface area contributed by atoms with Crippen molar-refractivity contribution >= 4 is 16.0 Å². The Morgan fingerprint density at radius 1 is 1.59 bits per heavy atom. The fourth-order valence-corrected chi connectivity index (χ4v) is 2.93. The quantitative estimate of drug-likeness (QED) is 0.783. The number of carbonyl (C=O) groups is 1. The van der Waals surface area contributed by atoms with Crippen LogP contribution in [0.5, 0.6) is 0 Å². The van der Waals surface area contributed by atoms with Crippen molar-refractivity contribution in [3.05, 3.63) is 17.0 Å². The lowest BCUT2D eigenvalue weighted by atomic mass is 10.1. The highest BCUT2D eigenvalue weighted by Gasteiger charge is 2.30. The van der Waals surface area contributed by atoms with Gasteiger partial charge in [0.25, 0.3) is 0 Å². The fraction of sp³-hybridized carbons (Fsp3) is 0.556. The zero-order valence-electron chi connectivity index (χ0n) is 9.30. The number of rotatable bonds is 3. The lowest BCUT2D eigenvalue weighted by Crippen LogP contribution is -2.37. The molecule has 0 spiro atoms. The van der Waals surface area contributed by atoms with Gasteiger partial charge in [-0.2, -0.15) is 9.40 Å². The molecule has 0 unspecified atom stereocenters. The molecule has 1 aromatic rings. The zero-order chi connectivity index (χ0) is 12.6. The van der Waals surface area contributed by atoms with Crippen LogP contribution in [0.2, 0.25) is 0 Å². The molecular weight excluding hydrogens is 246 g/mol. The molecule has 0 saturated carbocycles. The van der Waals surface area contributed by atoms with Crippen LogP contribution in [0, 0.1) is 0 Å². The maximum absolute atomic E-state index is 11.7. The molecule has 8 heteroatoms. The Labute approximate surface area is 98.5 Å². The van der Waals surface area contributed by atoms with E-state index in [0.29, 0.717) is 24.2 Å². The number of H-pyrrole nitrogens is 1. The summed E-state index contributed by atoms with van der Waals surface area (Å²) in [4.78, 5) is 10.9. The molecule has 94 valence electrons. The maximum atomic E-state index is 11.7. The van der Waals surface area contributed by atoms with Gasteiger partial charge >= 0.3 is 5.97 Å².